The molecule has 170 valence electrons. The fraction of sp³-hybridized carbons (Fsp3) is 0.348. The second-order valence-electron chi connectivity index (χ2n) is 7.19. The average Bonchev–Trinajstić information content (AvgIpc) is 3.22. The van der Waals surface area contributed by atoms with Crippen molar-refractivity contribution in [3.63, 3.8) is 0 Å². The molecule has 9 heteroatoms. The molecule has 32 heavy (non-hydrogen) atoms. The van der Waals surface area contributed by atoms with E-state index in [0.717, 1.165) is 16.3 Å². The first-order chi connectivity index (χ1) is 15.5. The molecule has 0 spiro atoms. The quantitative estimate of drug-likeness (QED) is 0.326. The first kappa shape index (κ1) is 24.3. The molecule has 1 atom stereocenters. The second kappa shape index (κ2) is 12.0. The fourth-order valence-corrected chi connectivity index (χ4v) is 4.40. The summed E-state index contributed by atoms with van der Waals surface area (Å²) in [6.07, 6.45) is 0. The summed E-state index contributed by atoms with van der Waals surface area (Å²) in [4.78, 5) is 12.1. The third-order valence-electron chi connectivity index (χ3n) is 4.80. The maximum atomic E-state index is 12.1. The largest absolute Gasteiger partial charge is 0.383 e. The number of methoxy groups -OCH3 is 2. The molecule has 0 aliphatic heterocycles. The van der Waals surface area contributed by atoms with Gasteiger partial charge >= 0.3 is 0 Å². The van der Waals surface area contributed by atoms with E-state index in [-0.39, 0.29) is 11.9 Å². The highest BCUT2D eigenvalue weighted by Crippen LogP contribution is 2.33. The molecule has 1 N–H and O–H groups in total. The van der Waals surface area contributed by atoms with E-state index in [9.17, 15) is 4.79 Å². The summed E-state index contributed by atoms with van der Waals surface area (Å²) in [5.74, 6) is 1.29. The maximum absolute atomic E-state index is 12.1. The van der Waals surface area contributed by atoms with Crippen LogP contribution in [-0.2, 0) is 15.2 Å². The Morgan fingerprint density at radius 3 is 2.56 bits per heavy atom. The third-order valence-corrected chi connectivity index (χ3v) is 6.15. The molecule has 1 amide bonds. The van der Waals surface area contributed by atoms with E-state index in [1.54, 1.807) is 26.0 Å². The highest BCUT2D eigenvalue weighted by molar-refractivity contribution is 7.98. The zero-order chi connectivity index (χ0) is 22.9. The van der Waals surface area contributed by atoms with Crippen molar-refractivity contribution in [3.8, 4) is 11.4 Å². The van der Waals surface area contributed by atoms with Crippen molar-refractivity contribution >= 4 is 29.3 Å². The van der Waals surface area contributed by atoms with Crippen molar-refractivity contribution in [3.05, 3.63) is 64.7 Å². The van der Waals surface area contributed by atoms with Crippen molar-refractivity contribution in [1.82, 2.24) is 20.1 Å². The molecule has 7 nitrogen and oxygen atoms in total. The number of hydrogen-bond donors (Lipinski definition) is 1. The molecule has 0 aliphatic carbocycles. The van der Waals surface area contributed by atoms with Crippen molar-refractivity contribution in [1.29, 1.82) is 0 Å². The van der Waals surface area contributed by atoms with Crippen molar-refractivity contribution in [2.24, 2.45) is 0 Å². The monoisotopic (exact) mass is 474 g/mol. The number of nitrogens with one attached hydrogen (secondary N) is 1. The van der Waals surface area contributed by atoms with Gasteiger partial charge in [-0.3, -0.25) is 9.36 Å². The number of carbonyl (C=O) groups is 1. The van der Waals surface area contributed by atoms with Crippen LogP contribution in [0.4, 0.5) is 0 Å². The zero-order valence-electron chi connectivity index (χ0n) is 18.4. The minimum Gasteiger partial charge on any atom is -0.383 e. The number of benzene rings is 2. The average molecular weight is 475 g/mol. The van der Waals surface area contributed by atoms with Gasteiger partial charge in [-0.05, 0) is 36.8 Å². The summed E-state index contributed by atoms with van der Waals surface area (Å²) in [7, 11) is 3.28. The minimum absolute atomic E-state index is 0.0296. The van der Waals surface area contributed by atoms with Crippen LogP contribution in [0.5, 0.6) is 0 Å². The normalized spacial score (nSPS) is 12.0. The topological polar surface area (TPSA) is 78.3 Å². The Bertz CT molecular complexity index is 1030. The molecule has 0 bridgehead atoms. The zero-order valence-corrected chi connectivity index (χ0v) is 19.9. The van der Waals surface area contributed by atoms with Gasteiger partial charge in [-0.15, -0.1) is 10.2 Å². The van der Waals surface area contributed by atoms with Gasteiger partial charge in [0, 0.05) is 37.6 Å². The van der Waals surface area contributed by atoms with Crippen LogP contribution in [0.2, 0.25) is 5.02 Å². The standard InChI is InChI=1S/C23H27ClN4O3S/c1-16(14-31-3)28-21(19-6-4-5-7-20(19)24)26-27-23(28)32-15-17-8-10-18(11-9-17)22(29)25-12-13-30-2/h4-11,16H,12-15H2,1-3H3,(H,25,29)/t16-/m0/s1. The van der Waals surface area contributed by atoms with Crippen LogP contribution >= 0.6 is 23.4 Å². The van der Waals surface area contributed by atoms with Crippen molar-refractivity contribution in [2.75, 3.05) is 34.0 Å². The van der Waals surface area contributed by atoms with Gasteiger partial charge in [-0.2, -0.15) is 0 Å². The van der Waals surface area contributed by atoms with Gasteiger partial charge < -0.3 is 14.8 Å². The number of nitrogens with zero attached hydrogens (tertiary/aromatic N) is 3. The van der Waals surface area contributed by atoms with Crippen LogP contribution in [0.25, 0.3) is 11.4 Å². The van der Waals surface area contributed by atoms with Gasteiger partial charge in [-0.1, -0.05) is 47.6 Å². The van der Waals surface area contributed by atoms with Gasteiger partial charge in [0.1, 0.15) is 0 Å². The molecule has 0 unspecified atom stereocenters. The smallest absolute Gasteiger partial charge is 0.251 e. The van der Waals surface area contributed by atoms with Crippen LogP contribution in [-0.4, -0.2) is 54.6 Å². The molecule has 0 radical (unpaired) electrons. The summed E-state index contributed by atoms with van der Waals surface area (Å²) in [5, 5.41) is 13.1. The third kappa shape index (κ3) is 6.10. The molecule has 0 fully saturated rings. The number of halogens is 1. The molecule has 0 saturated carbocycles. The lowest BCUT2D eigenvalue weighted by molar-refractivity contribution is 0.0937. The van der Waals surface area contributed by atoms with Gasteiger partial charge in [0.05, 0.1) is 24.3 Å². The lowest BCUT2D eigenvalue weighted by atomic mass is 10.1. The minimum atomic E-state index is -0.112. The van der Waals surface area contributed by atoms with Gasteiger partial charge in [0.15, 0.2) is 11.0 Å². The van der Waals surface area contributed by atoms with Crippen LogP contribution < -0.4 is 5.32 Å². The van der Waals surface area contributed by atoms with Crippen LogP contribution in [0.1, 0.15) is 28.9 Å². The van der Waals surface area contributed by atoms with E-state index in [1.807, 2.05) is 48.5 Å². The van der Waals surface area contributed by atoms with E-state index in [0.29, 0.717) is 41.9 Å². The number of carbonyl (C=O) groups excluding carboxylic acids is 1. The molecule has 0 aliphatic rings. The Kier molecular flexibility index (Phi) is 9.11. The highest BCUT2D eigenvalue weighted by Gasteiger charge is 2.20. The lowest BCUT2D eigenvalue weighted by Gasteiger charge is -2.17. The van der Waals surface area contributed by atoms with Crippen LogP contribution in [0.3, 0.4) is 0 Å². The Morgan fingerprint density at radius 2 is 1.88 bits per heavy atom. The Balaban J connectivity index is 1.75. The Labute approximate surface area is 197 Å². The van der Waals surface area contributed by atoms with Crippen molar-refractivity contribution in [2.45, 2.75) is 23.9 Å². The fourth-order valence-electron chi connectivity index (χ4n) is 3.18. The van der Waals surface area contributed by atoms with E-state index >= 15 is 0 Å². The summed E-state index contributed by atoms with van der Waals surface area (Å²) >= 11 is 8.00. The number of amides is 1. The number of ether oxygens (including phenoxy) is 2. The number of aromatic nitrogens is 3. The molecule has 2 aromatic carbocycles. The molecular weight excluding hydrogens is 448 g/mol. The number of hydrogen-bond acceptors (Lipinski definition) is 6. The predicted molar refractivity (Wildman–Crippen MR) is 127 cm³/mol. The predicted octanol–water partition coefficient (Wildman–Crippen LogP) is 4.47. The summed E-state index contributed by atoms with van der Waals surface area (Å²) in [5.41, 5.74) is 2.53. The number of rotatable bonds is 11. The molecule has 1 heterocycles. The molecule has 3 aromatic rings. The van der Waals surface area contributed by atoms with Crippen molar-refractivity contribution < 1.29 is 14.3 Å². The first-order valence-corrected chi connectivity index (χ1v) is 11.6. The molecule has 0 saturated heterocycles. The van der Waals surface area contributed by atoms with Gasteiger partial charge in [0.2, 0.25) is 0 Å². The van der Waals surface area contributed by atoms with E-state index in [4.69, 9.17) is 21.1 Å². The number of thioether (sulfide) groups is 1. The van der Waals surface area contributed by atoms with Gasteiger partial charge in [-0.25, -0.2) is 0 Å². The van der Waals surface area contributed by atoms with Crippen LogP contribution in [0.15, 0.2) is 53.7 Å². The first-order valence-electron chi connectivity index (χ1n) is 10.2. The Hall–Kier alpha value is -2.39. The van der Waals surface area contributed by atoms with E-state index in [1.165, 1.54) is 0 Å². The van der Waals surface area contributed by atoms with Gasteiger partial charge in [0.25, 0.3) is 5.91 Å². The maximum Gasteiger partial charge on any atom is 0.251 e. The lowest BCUT2D eigenvalue weighted by Crippen LogP contribution is -2.26. The van der Waals surface area contributed by atoms with E-state index in [2.05, 4.69) is 27.0 Å². The Morgan fingerprint density at radius 1 is 1.12 bits per heavy atom. The second-order valence-corrected chi connectivity index (χ2v) is 8.54. The van der Waals surface area contributed by atoms with Crippen LogP contribution in [0, 0.1) is 0 Å². The molecule has 1 aromatic heterocycles. The SMILES string of the molecule is COCCNC(=O)c1ccc(CSc2nnc(-c3ccccc3Cl)n2[C@@H](C)COC)cc1. The molecule has 3 rings (SSSR count). The highest BCUT2D eigenvalue weighted by atomic mass is 35.5. The summed E-state index contributed by atoms with van der Waals surface area (Å²) in [6, 6.07) is 15.2. The summed E-state index contributed by atoms with van der Waals surface area (Å²) in [6.45, 7) is 3.55. The molecular formula is C23H27ClN4O3S. The summed E-state index contributed by atoms with van der Waals surface area (Å²) < 4.78 is 12.4. The van der Waals surface area contributed by atoms with E-state index < -0.39 is 0 Å².